The first kappa shape index (κ1) is 16.8. The highest BCUT2D eigenvalue weighted by Gasteiger charge is 2.14. The molecule has 0 fully saturated rings. The number of furan rings is 1. The average Bonchev–Trinajstić information content (AvgIpc) is 3.36. The molecule has 0 unspecified atom stereocenters. The number of carbonyl (C=O) groups excluding carboxylic acids is 1. The number of fused-ring (bicyclic) bond motifs is 1. The lowest BCUT2D eigenvalue weighted by atomic mass is 10.2. The molecule has 0 aliphatic rings. The number of rotatable bonds is 5. The average molecular weight is 362 g/mol. The summed E-state index contributed by atoms with van der Waals surface area (Å²) in [6, 6.07) is 14.7. The van der Waals surface area contributed by atoms with Gasteiger partial charge in [-0.25, -0.2) is 9.50 Å². The predicted octanol–water partition coefficient (Wildman–Crippen LogP) is 3.24. The van der Waals surface area contributed by atoms with Crippen LogP contribution in [0, 0.1) is 6.92 Å². The summed E-state index contributed by atoms with van der Waals surface area (Å²) in [5.41, 5.74) is 3.40. The number of methoxy groups -OCH3 is 1. The molecule has 136 valence electrons. The summed E-state index contributed by atoms with van der Waals surface area (Å²) < 4.78 is 12.2. The van der Waals surface area contributed by atoms with E-state index in [1.54, 1.807) is 36.1 Å². The zero-order valence-corrected chi connectivity index (χ0v) is 15.0. The number of ether oxygens (including phenoxy) is 1. The minimum Gasteiger partial charge on any atom is -0.497 e. The van der Waals surface area contributed by atoms with Crippen LogP contribution in [-0.2, 0) is 6.54 Å². The van der Waals surface area contributed by atoms with Crippen molar-refractivity contribution in [3.8, 4) is 17.2 Å². The molecular weight excluding hydrogens is 344 g/mol. The largest absolute Gasteiger partial charge is 0.497 e. The van der Waals surface area contributed by atoms with E-state index in [0.717, 1.165) is 17.0 Å². The Kier molecular flexibility index (Phi) is 4.33. The monoisotopic (exact) mass is 362 g/mol. The van der Waals surface area contributed by atoms with E-state index in [1.165, 1.54) is 0 Å². The van der Waals surface area contributed by atoms with Crippen molar-refractivity contribution in [2.75, 3.05) is 7.11 Å². The molecule has 4 aromatic rings. The molecule has 0 atom stereocenters. The molecule has 3 aromatic heterocycles. The number of carbonyl (C=O) groups is 1. The van der Waals surface area contributed by atoms with E-state index in [-0.39, 0.29) is 5.91 Å². The van der Waals surface area contributed by atoms with Crippen LogP contribution in [-0.4, -0.2) is 27.6 Å². The van der Waals surface area contributed by atoms with Gasteiger partial charge in [0.15, 0.2) is 11.4 Å². The van der Waals surface area contributed by atoms with Crippen molar-refractivity contribution < 1.29 is 13.9 Å². The van der Waals surface area contributed by atoms with E-state index >= 15 is 0 Å². The van der Waals surface area contributed by atoms with Gasteiger partial charge in [-0.15, -0.1) is 0 Å². The Morgan fingerprint density at radius 1 is 1.22 bits per heavy atom. The molecule has 1 amide bonds. The van der Waals surface area contributed by atoms with Crippen molar-refractivity contribution in [3.05, 3.63) is 71.7 Å². The Labute approximate surface area is 155 Å². The third kappa shape index (κ3) is 3.39. The van der Waals surface area contributed by atoms with Gasteiger partial charge in [0.2, 0.25) is 0 Å². The summed E-state index contributed by atoms with van der Waals surface area (Å²) in [4.78, 5) is 17.0. The number of amides is 1. The van der Waals surface area contributed by atoms with E-state index in [4.69, 9.17) is 9.15 Å². The lowest BCUT2D eigenvalue weighted by Crippen LogP contribution is -2.24. The van der Waals surface area contributed by atoms with Gasteiger partial charge < -0.3 is 14.5 Å². The molecule has 1 aromatic carbocycles. The highest BCUT2D eigenvalue weighted by molar-refractivity contribution is 5.92. The Morgan fingerprint density at radius 3 is 2.74 bits per heavy atom. The van der Waals surface area contributed by atoms with E-state index in [0.29, 0.717) is 29.3 Å². The smallest absolute Gasteiger partial charge is 0.270 e. The summed E-state index contributed by atoms with van der Waals surface area (Å²) in [6.45, 7) is 2.29. The molecular formula is C20H18N4O3. The maximum atomic E-state index is 12.5. The summed E-state index contributed by atoms with van der Waals surface area (Å²) in [6.07, 6.45) is 1.59. The number of nitrogens with zero attached hydrogens (tertiary/aromatic N) is 3. The fourth-order valence-corrected chi connectivity index (χ4v) is 2.80. The van der Waals surface area contributed by atoms with Crippen LogP contribution >= 0.6 is 0 Å². The number of hydrogen-bond donors (Lipinski definition) is 1. The van der Waals surface area contributed by atoms with Gasteiger partial charge in [0.1, 0.15) is 17.1 Å². The number of nitrogens with one attached hydrogen (secondary N) is 1. The van der Waals surface area contributed by atoms with E-state index < -0.39 is 0 Å². The molecule has 3 heterocycles. The van der Waals surface area contributed by atoms with Crippen molar-refractivity contribution in [1.82, 2.24) is 19.9 Å². The van der Waals surface area contributed by atoms with Crippen LogP contribution in [0.2, 0.25) is 0 Å². The summed E-state index contributed by atoms with van der Waals surface area (Å²) in [5.74, 6) is 1.20. The zero-order valence-electron chi connectivity index (χ0n) is 15.0. The molecule has 7 heteroatoms. The molecule has 0 saturated carbocycles. The summed E-state index contributed by atoms with van der Waals surface area (Å²) in [7, 11) is 1.62. The lowest BCUT2D eigenvalue weighted by molar-refractivity contribution is 0.0946. The molecule has 0 aliphatic heterocycles. The maximum Gasteiger partial charge on any atom is 0.270 e. The lowest BCUT2D eigenvalue weighted by Gasteiger charge is -2.07. The summed E-state index contributed by atoms with van der Waals surface area (Å²) in [5, 5.41) is 7.37. The first-order chi connectivity index (χ1) is 13.1. The highest BCUT2D eigenvalue weighted by Crippen LogP contribution is 2.20. The number of hydrogen-bond acceptors (Lipinski definition) is 5. The fraction of sp³-hybridized carbons (Fsp3) is 0.150. The van der Waals surface area contributed by atoms with Gasteiger partial charge in [0.05, 0.1) is 13.4 Å². The van der Waals surface area contributed by atoms with Gasteiger partial charge in [0, 0.05) is 18.3 Å². The second-order valence-corrected chi connectivity index (χ2v) is 6.09. The Morgan fingerprint density at radius 2 is 2.04 bits per heavy atom. The van der Waals surface area contributed by atoms with Crippen LogP contribution in [0.1, 0.15) is 21.7 Å². The number of aryl methyl sites for hydroxylation is 1. The van der Waals surface area contributed by atoms with Crippen LogP contribution in [0.3, 0.4) is 0 Å². The first-order valence-electron chi connectivity index (χ1n) is 8.46. The SMILES string of the molecule is COc1ccc(CNC(=O)c2cc(C)n3nc(-c4ccco4)cc3n2)cc1. The van der Waals surface area contributed by atoms with Crippen molar-refractivity contribution >= 4 is 11.6 Å². The van der Waals surface area contributed by atoms with Crippen LogP contribution in [0.4, 0.5) is 0 Å². The number of benzene rings is 1. The molecule has 0 radical (unpaired) electrons. The van der Waals surface area contributed by atoms with Gasteiger partial charge in [-0.1, -0.05) is 12.1 Å². The van der Waals surface area contributed by atoms with Crippen LogP contribution in [0.5, 0.6) is 5.75 Å². The standard InChI is InChI=1S/C20H18N4O3/c1-13-10-17(20(25)21-12-14-5-7-15(26-2)8-6-14)22-19-11-16(23-24(13)19)18-4-3-9-27-18/h3-11H,12H2,1-2H3,(H,21,25). The fourth-order valence-electron chi connectivity index (χ4n) is 2.80. The van der Waals surface area contributed by atoms with Crippen molar-refractivity contribution in [2.45, 2.75) is 13.5 Å². The van der Waals surface area contributed by atoms with Gasteiger partial charge in [0.25, 0.3) is 5.91 Å². The quantitative estimate of drug-likeness (QED) is 0.589. The molecule has 0 bridgehead atoms. The zero-order chi connectivity index (χ0) is 18.8. The van der Waals surface area contributed by atoms with Crippen LogP contribution in [0.25, 0.3) is 17.1 Å². The normalized spacial score (nSPS) is 10.9. The molecule has 0 aliphatic carbocycles. The van der Waals surface area contributed by atoms with Crippen LogP contribution < -0.4 is 10.1 Å². The molecule has 7 nitrogen and oxygen atoms in total. The Bertz CT molecular complexity index is 1080. The topological polar surface area (TPSA) is 81.7 Å². The molecule has 0 spiro atoms. The molecule has 0 saturated heterocycles. The second-order valence-electron chi connectivity index (χ2n) is 6.09. The molecule has 1 N–H and O–H groups in total. The second kappa shape index (κ2) is 6.95. The van der Waals surface area contributed by atoms with Gasteiger partial charge in [-0.05, 0) is 42.8 Å². The van der Waals surface area contributed by atoms with E-state index in [9.17, 15) is 4.79 Å². The van der Waals surface area contributed by atoms with Crippen molar-refractivity contribution in [2.24, 2.45) is 0 Å². The third-order valence-corrected chi connectivity index (χ3v) is 4.22. The van der Waals surface area contributed by atoms with Crippen molar-refractivity contribution in [1.29, 1.82) is 0 Å². The minimum absolute atomic E-state index is 0.239. The van der Waals surface area contributed by atoms with Crippen molar-refractivity contribution in [3.63, 3.8) is 0 Å². The maximum absolute atomic E-state index is 12.5. The van der Waals surface area contributed by atoms with Gasteiger partial charge in [-0.2, -0.15) is 5.10 Å². The van der Waals surface area contributed by atoms with E-state index in [2.05, 4.69) is 15.4 Å². The van der Waals surface area contributed by atoms with Crippen LogP contribution in [0.15, 0.2) is 59.2 Å². The summed E-state index contributed by atoms with van der Waals surface area (Å²) >= 11 is 0. The Hall–Kier alpha value is -3.61. The highest BCUT2D eigenvalue weighted by atomic mass is 16.5. The van der Waals surface area contributed by atoms with E-state index in [1.807, 2.05) is 37.3 Å². The Balaban J connectivity index is 1.54. The predicted molar refractivity (Wildman–Crippen MR) is 99.6 cm³/mol. The molecule has 4 rings (SSSR count). The van der Waals surface area contributed by atoms with Gasteiger partial charge >= 0.3 is 0 Å². The third-order valence-electron chi connectivity index (χ3n) is 4.22. The number of aromatic nitrogens is 3. The minimum atomic E-state index is -0.239. The molecule has 27 heavy (non-hydrogen) atoms. The van der Waals surface area contributed by atoms with Gasteiger partial charge in [-0.3, -0.25) is 4.79 Å². The first-order valence-corrected chi connectivity index (χ1v) is 8.46.